The number of hydrogen-bond donors (Lipinski definition) is 1. The standard InChI is InChI=1S/C24H33NO/c1-4-23(3)19-24(15-17-26-23,22-12-10-20(2)11-13-22)14-16-25-18-21-8-6-5-7-9-21/h5-13,25H,4,14-19H2,1-3H3. The number of hydrogen-bond acceptors (Lipinski definition) is 2. The summed E-state index contributed by atoms with van der Waals surface area (Å²) in [6.45, 7) is 9.52. The molecule has 1 aliphatic heterocycles. The molecule has 2 unspecified atom stereocenters. The van der Waals surface area contributed by atoms with Crippen molar-refractivity contribution in [2.45, 2.75) is 64.0 Å². The van der Waals surface area contributed by atoms with Crippen LogP contribution < -0.4 is 5.32 Å². The van der Waals surface area contributed by atoms with Crippen LogP contribution in [0, 0.1) is 6.92 Å². The zero-order valence-electron chi connectivity index (χ0n) is 16.6. The molecule has 0 saturated carbocycles. The monoisotopic (exact) mass is 351 g/mol. The van der Waals surface area contributed by atoms with Gasteiger partial charge in [0.1, 0.15) is 0 Å². The van der Waals surface area contributed by atoms with Crippen LogP contribution in [0.15, 0.2) is 54.6 Å². The van der Waals surface area contributed by atoms with Crippen LogP contribution in [0.5, 0.6) is 0 Å². The molecule has 0 aromatic heterocycles. The average molecular weight is 352 g/mol. The zero-order valence-corrected chi connectivity index (χ0v) is 16.6. The summed E-state index contributed by atoms with van der Waals surface area (Å²) in [5.74, 6) is 0. The summed E-state index contributed by atoms with van der Waals surface area (Å²) >= 11 is 0. The highest BCUT2D eigenvalue weighted by Crippen LogP contribution is 2.45. The molecular weight excluding hydrogens is 318 g/mol. The van der Waals surface area contributed by atoms with Crippen LogP contribution in [-0.4, -0.2) is 18.8 Å². The molecule has 2 nitrogen and oxygen atoms in total. The van der Waals surface area contributed by atoms with E-state index < -0.39 is 0 Å². The highest BCUT2D eigenvalue weighted by Gasteiger charge is 2.43. The van der Waals surface area contributed by atoms with E-state index in [1.54, 1.807) is 0 Å². The Morgan fingerprint density at radius 1 is 1.04 bits per heavy atom. The highest BCUT2D eigenvalue weighted by atomic mass is 16.5. The lowest BCUT2D eigenvalue weighted by molar-refractivity contribution is -0.0979. The first-order chi connectivity index (χ1) is 12.6. The molecular formula is C24H33NO. The van der Waals surface area contributed by atoms with Gasteiger partial charge in [-0.15, -0.1) is 0 Å². The van der Waals surface area contributed by atoms with E-state index in [1.165, 1.54) is 16.7 Å². The topological polar surface area (TPSA) is 21.3 Å². The summed E-state index contributed by atoms with van der Waals surface area (Å²) in [6, 6.07) is 19.9. The number of nitrogens with one attached hydrogen (secondary N) is 1. The first kappa shape index (κ1) is 19.1. The minimum Gasteiger partial charge on any atom is -0.375 e. The van der Waals surface area contributed by atoms with Crippen molar-refractivity contribution in [3.63, 3.8) is 0 Å². The molecule has 0 radical (unpaired) electrons. The number of benzene rings is 2. The molecule has 2 heteroatoms. The SMILES string of the molecule is CCC1(C)CC(CCNCc2ccccc2)(c2ccc(C)cc2)CCO1. The maximum Gasteiger partial charge on any atom is 0.0660 e. The van der Waals surface area contributed by atoms with Crippen molar-refractivity contribution < 1.29 is 4.74 Å². The maximum atomic E-state index is 6.17. The number of aryl methyl sites for hydroxylation is 1. The quantitative estimate of drug-likeness (QED) is 0.675. The summed E-state index contributed by atoms with van der Waals surface area (Å²) in [7, 11) is 0. The lowest BCUT2D eigenvalue weighted by Crippen LogP contribution is -2.46. The van der Waals surface area contributed by atoms with Crippen molar-refractivity contribution in [2.24, 2.45) is 0 Å². The van der Waals surface area contributed by atoms with Crippen LogP contribution in [0.2, 0.25) is 0 Å². The van der Waals surface area contributed by atoms with Crippen LogP contribution in [0.1, 0.15) is 56.2 Å². The van der Waals surface area contributed by atoms with Gasteiger partial charge in [0.05, 0.1) is 5.60 Å². The molecule has 1 aliphatic rings. The Morgan fingerprint density at radius 3 is 2.46 bits per heavy atom. The van der Waals surface area contributed by atoms with Gasteiger partial charge in [0.15, 0.2) is 0 Å². The minimum atomic E-state index is -0.0113. The van der Waals surface area contributed by atoms with E-state index in [-0.39, 0.29) is 11.0 Å². The molecule has 3 rings (SSSR count). The van der Waals surface area contributed by atoms with Gasteiger partial charge in [0.25, 0.3) is 0 Å². The number of ether oxygens (including phenoxy) is 1. The Bertz CT molecular complexity index is 681. The van der Waals surface area contributed by atoms with Crippen molar-refractivity contribution in [3.05, 3.63) is 71.3 Å². The van der Waals surface area contributed by atoms with Crippen molar-refractivity contribution in [2.75, 3.05) is 13.2 Å². The fourth-order valence-electron chi connectivity index (χ4n) is 4.24. The third kappa shape index (κ3) is 4.55. The smallest absolute Gasteiger partial charge is 0.0660 e. The second-order valence-corrected chi connectivity index (χ2v) is 8.14. The van der Waals surface area contributed by atoms with Crippen LogP contribution in [-0.2, 0) is 16.7 Å². The van der Waals surface area contributed by atoms with Gasteiger partial charge in [-0.2, -0.15) is 0 Å². The van der Waals surface area contributed by atoms with E-state index in [9.17, 15) is 0 Å². The summed E-state index contributed by atoms with van der Waals surface area (Å²) in [5, 5.41) is 3.66. The first-order valence-corrected chi connectivity index (χ1v) is 10.0. The molecule has 0 spiro atoms. The number of rotatable bonds is 7. The second kappa shape index (κ2) is 8.37. The molecule has 140 valence electrons. The molecule has 1 heterocycles. The maximum absolute atomic E-state index is 6.17. The second-order valence-electron chi connectivity index (χ2n) is 8.14. The molecule has 2 aromatic carbocycles. The molecule has 0 bridgehead atoms. The molecule has 0 aliphatic carbocycles. The molecule has 2 aromatic rings. The fraction of sp³-hybridized carbons (Fsp3) is 0.500. The van der Waals surface area contributed by atoms with Gasteiger partial charge in [-0.1, -0.05) is 67.1 Å². The third-order valence-corrected chi connectivity index (χ3v) is 6.11. The van der Waals surface area contributed by atoms with Gasteiger partial charge >= 0.3 is 0 Å². The average Bonchev–Trinajstić information content (AvgIpc) is 2.67. The predicted molar refractivity (Wildman–Crippen MR) is 110 cm³/mol. The zero-order chi connectivity index (χ0) is 18.5. The lowest BCUT2D eigenvalue weighted by Gasteiger charge is -2.47. The Labute approximate surface area is 159 Å². The molecule has 2 atom stereocenters. The van der Waals surface area contributed by atoms with Gasteiger partial charge in [-0.05, 0) is 57.2 Å². The van der Waals surface area contributed by atoms with Crippen molar-refractivity contribution in [1.29, 1.82) is 0 Å². The predicted octanol–water partition coefficient (Wildman–Crippen LogP) is 5.39. The van der Waals surface area contributed by atoms with Crippen molar-refractivity contribution in [1.82, 2.24) is 5.32 Å². The third-order valence-electron chi connectivity index (χ3n) is 6.11. The van der Waals surface area contributed by atoms with E-state index in [4.69, 9.17) is 4.74 Å². The van der Waals surface area contributed by atoms with Crippen LogP contribution >= 0.6 is 0 Å². The summed E-state index contributed by atoms with van der Waals surface area (Å²) in [6.07, 6.45) is 4.44. The van der Waals surface area contributed by atoms with E-state index in [1.807, 2.05) is 0 Å². The summed E-state index contributed by atoms with van der Waals surface area (Å²) < 4.78 is 6.17. The summed E-state index contributed by atoms with van der Waals surface area (Å²) in [5.41, 5.74) is 4.36. The first-order valence-electron chi connectivity index (χ1n) is 10.0. The molecule has 1 fully saturated rings. The van der Waals surface area contributed by atoms with E-state index in [0.717, 1.165) is 45.4 Å². The van der Waals surface area contributed by atoms with Crippen LogP contribution in [0.3, 0.4) is 0 Å². The lowest BCUT2D eigenvalue weighted by atomic mass is 9.66. The molecule has 1 saturated heterocycles. The normalized spacial score (nSPS) is 26.0. The van der Waals surface area contributed by atoms with E-state index in [0.29, 0.717) is 0 Å². The molecule has 26 heavy (non-hydrogen) atoms. The largest absolute Gasteiger partial charge is 0.375 e. The van der Waals surface area contributed by atoms with Crippen molar-refractivity contribution >= 4 is 0 Å². The Morgan fingerprint density at radius 2 is 1.77 bits per heavy atom. The minimum absolute atomic E-state index is 0.0113. The van der Waals surface area contributed by atoms with Gasteiger partial charge in [-0.25, -0.2) is 0 Å². The van der Waals surface area contributed by atoms with Crippen LogP contribution in [0.4, 0.5) is 0 Å². The van der Waals surface area contributed by atoms with E-state index in [2.05, 4.69) is 80.7 Å². The Hall–Kier alpha value is -1.64. The van der Waals surface area contributed by atoms with Crippen molar-refractivity contribution in [3.8, 4) is 0 Å². The van der Waals surface area contributed by atoms with Gasteiger partial charge in [-0.3, -0.25) is 0 Å². The molecule has 0 amide bonds. The highest BCUT2D eigenvalue weighted by molar-refractivity contribution is 5.30. The Balaban J connectivity index is 1.72. The van der Waals surface area contributed by atoms with Crippen LogP contribution in [0.25, 0.3) is 0 Å². The summed E-state index contributed by atoms with van der Waals surface area (Å²) in [4.78, 5) is 0. The fourth-order valence-corrected chi connectivity index (χ4v) is 4.24. The molecule has 1 N–H and O–H groups in total. The van der Waals surface area contributed by atoms with Gasteiger partial charge in [0.2, 0.25) is 0 Å². The van der Waals surface area contributed by atoms with E-state index >= 15 is 0 Å². The van der Waals surface area contributed by atoms with Gasteiger partial charge in [0, 0.05) is 18.6 Å². The van der Waals surface area contributed by atoms with Gasteiger partial charge < -0.3 is 10.1 Å². The Kier molecular flexibility index (Phi) is 6.16.